The highest BCUT2D eigenvalue weighted by Gasteiger charge is 2.41. The van der Waals surface area contributed by atoms with Crippen LogP contribution in [0.1, 0.15) is 30.5 Å². The van der Waals surface area contributed by atoms with E-state index in [0.717, 1.165) is 31.0 Å². The predicted octanol–water partition coefficient (Wildman–Crippen LogP) is 0.538. The van der Waals surface area contributed by atoms with Crippen LogP contribution in [0.25, 0.3) is 0 Å². The van der Waals surface area contributed by atoms with Crippen LogP contribution in [0.5, 0.6) is 0 Å². The summed E-state index contributed by atoms with van der Waals surface area (Å²) < 4.78 is 6.85. The number of rotatable bonds is 6. The van der Waals surface area contributed by atoms with Gasteiger partial charge in [0, 0.05) is 57.0 Å². The highest BCUT2D eigenvalue weighted by Crippen LogP contribution is 2.41. The van der Waals surface area contributed by atoms with Gasteiger partial charge in [0.05, 0.1) is 12.6 Å². The molecule has 0 spiro atoms. The summed E-state index contributed by atoms with van der Waals surface area (Å²) in [5.74, 6) is 1.40. The van der Waals surface area contributed by atoms with Crippen LogP contribution in [-0.4, -0.2) is 53.8 Å². The molecule has 9 heteroatoms. The molecule has 4 heterocycles. The third-order valence-electron chi connectivity index (χ3n) is 5.82. The van der Waals surface area contributed by atoms with E-state index in [9.17, 15) is 9.59 Å². The molecule has 1 saturated heterocycles. The first-order chi connectivity index (χ1) is 14.1. The Hall–Kier alpha value is -2.94. The summed E-state index contributed by atoms with van der Waals surface area (Å²) in [6.45, 7) is 2.30. The van der Waals surface area contributed by atoms with E-state index >= 15 is 0 Å². The van der Waals surface area contributed by atoms with Crippen molar-refractivity contribution in [3.63, 3.8) is 0 Å². The lowest BCUT2D eigenvalue weighted by Crippen LogP contribution is -2.52. The molecule has 2 bridgehead atoms. The van der Waals surface area contributed by atoms with Gasteiger partial charge < -0.3 is 25.3 Å². The number of piperidine rings is 1. The van der Waals surface area contributed by atoms with Gasteiger partial charge in [-0.2, -0.15) is 4.98 Å². The first-order valence-electron chi connectivity index (χ1n) is 9.87. The van der Waals surface area contributed by atoms with Crippen molar-refractivity contribution in [2.24, 2.45) is 5.92 Å². The Morgan fingerprint density at radius 1 is 1.34 bits per heavy atom. The van der Waals surface area contributed by atoms with Crippen LogP contribution in [0.15, 0.2) is 35.3 Å². The lowest BCUT2D eigenvalue weighted by atomic mass is 9.78. The molecule has 154 valence electrons. The van der Waals surface area contributed by atoms with Gasteiger partial charge in [-0.3, -0.25) is 9.59 Å². The molecule has 2 aliphatic heterocycles. The topological polar surface area (TPSA) is 115 Å². The summed E-state index contributed by atoms with van der Waals surface area (Å²) >= 11 is 0. The number of fused-ring (bicyclic) bond motifs is 4. The number of ether oxygens (including phenoxy) is 1. The number of nitrogens with one attached hydrogen (secondary N) is 1. The number of pyridine rings is 1. The summed E-state index contributed by atoms with van der Waals surface area (Å²) in [7, 11) is 1.57. The molecular formula is C20H26N6O3. The Morgan fingerprint density at radius 2 is 2.21 bits per heavy atom. The van der Waals surface area contributed by atoms with E-state index in [0.29, 0.717) is 19.6 Å². The number of hydrogen-bond acceptors (Lipinski definition) is 7. The van der Waals surface area contributed by atoms with E-state index in [1.54, 1.807) is 19.4 Å². The Bertz CT molecular complexity index is 946. The highest BCUT2D eigenvalue weighted by molar-refractivity contribution is 5.76. The number of nitrogens with zero attached hydrogens (tertiary/aromatic N) is 4. The maximum atomic E-state index is 12.7. The first kappa shape index (κ1) is 19.4. The minimum absolute atomic E-state index is 0.0203. The van der Waals surface area contributed by atoms with Crippen molar-refractivity contribution in [2.45, 2.75) is 24.8 Å². The summed E-state index contributed by atoms with van der Waals surface area (Å²) in [5, 5.41) is 2.98. The largest absolute Gasteiger partial charge is 0.384 e. The summed E-state index contributed by atoms with van der Waals surface area (Å²) in [6.07, 6.45) is 2.94. The van der Waals surface area contributed by atoms with E-state index in [1.807, 2.05) is 22.8 Å². The lowest BCUT2D eigenvalue weighted by molar-refractivity contribution is -0.122. The Morgan fingerprint density at radius 3 is 3.00 bits per heavy atom. The molecule has 0 radical (unpaired) electrons. The van der Waals surface area contributed by atoms with Gasteiger partial charge in [-0.1, -0.05) is 6.07 Å². The van der Waals surface area contributed by atoms with Gasteiger partial charge in [0.25, 0.3) is 5.56 Å². The van der Waals surface area contributed by atoms with Gasteiger partial charge in [-0.25, -0.2) is 4.98 Å². The number of carbonyl (C=O) groups is 1. The van der Waals surface area contributed by atoms with Gasteiger partial charge in [0.15, 0.2) is 0 Å². The minimum atomic E-state index is -0.108. The zero-order valence-corrected chi connectivity index (χ0v) is 16.5. The number of anilines is 2. The van der Waals surface area contributed by atoms with Crippen LogP contribution in [0.2, 0.25) is 0 Å². The molecule has 9 nitrogen and oxygen atoms in total. The van der Waals surface area contributed by atoms with Gasteiger partial charge in [-0.15, -0.1) is 0 Å². The van der Waals surface area contributed by atoms with E-state index < -0.39 is 0 Å². The van der Waals surface area contributed by atoms with E-state index in [2.05, 4.69) is 20.2 Å². The molecule has 2 aliphatic rings. The van der Waals surface area contributed by atoms with Crippen molar-refractivity contribution in [3.8, 4) is 0 Å². The molecule has 1 fully saturated rings. The van der Waals surface area contributed by atoms with Crippen LogP contribution >= 0.6 is 0 Å². The Balaban J connectivity index is 1.61. The van der Waals surface area contributed by atoms with Crippen molar-refractivity contribution in [1.82, 2.24) is 19.9 Å². The second kappa shape index (κ2) is 8.20. The molecule has 0 unspecified atom stereocenters. The number of nitrogens with two attached hydrogens (primary N) is 1. The van der Waals surface area contributed by atoms with Gasteiger partial charge in [-0.05, 0) is 24.5 Å². The minimum Gasteiger partial charge on any atom is -0.384 e. The van der Waals surface area contributed by atoms with Crippen molar-refractivity contribution >= 4 is 17.7 Å². The Labute approximate surface area is 168 Å². The molecule has 2 aromatic heterocycles. The second-order valence-electron chi connectivity index (χ2n) is 7.64. The standard InChI is InChI=1S/C20H26N6O3/c1-29-8-6-18(27)23-10-16-14-9-13(15-3-2-4-19(28)26(15)16)11-25(12-14)17-5-7-22-20(21)24-17/h2-5,7,13-14,16H,6,8-12H2,1H3,(H,23,27)(H2,21,22,24)/t13-,14+,16+/m1/s1. The average molecular weight is 398 g/mol. The summed E-state index contributed by atoms with van der Waals surface area (Å²) in [6, 6.07) is 7.16. The zero-order valence-electron chi connectivity index (χ0n) is 16.5. The van der Waals surface area contributed by atoms with Crippen LogP contribution in [0.4, 0.5) is 11.8 Å². The van der Waals surface area contributed by atoms with Crippen molar-refractivity contribution in [1.29, 1.82) is 0 Å². The molecule has 0 saturated carbocycles. The van der Waals surface area contributed by atoms with Crippen LogP contribution in [0.3, 0.4) is 0 Å². The average Bonchev–Trinajstić information content (AvgIpc) is 2.72. The normalized spacial score (nSPS) is 22.8. The Kier molecular flexibility index (Phi) is 5.48. The van der Waals surface area contributed by atoms with Crippen LogP contribution in [0, 0.1) is 5.92 Å². The van der Waals surface area contributed by atoms with Gasteiger partial charge >= 0.3 is 0 Å². The number of nitrogen functional groups attached to an aromatic ring is 1. The van der Waals surface area contributed by atoms with E-state index in [4.69, 9.17) is 10.5 Å². The molecular weight excluding hydrogens is 372 g/mol. The maximum absolute atomic E-state index is 12.7. The maximum Gasteiger partial charge on any atom is 0.251 e. The fourth-order valence-corrected chi connectivity index (χ4v) is 4.53. The van der Waals surface area contributed by atoms with Crippen LogP contribution < -0.4 is 21.5 Å². The zero-order chi connectivity index (χ0) is 20.4. The van der Waals surface area contributed by atoms with E-state index in [1.165, 1.54) is 0 Å². The van der Waals surface area contributed by atoms with Crippen molar-refractivity contribution < 1.29 is 9.53 Å². The quantitative estimate of drug-likeness (QED) is 0.730. The van der Waals surface area contributed by atoms with Crippen molar-refractivity contribution in [2.75, 3.05) is 44.0 Å². The molecule has 0 aromatic carbocycles. The second-order valence-corrected chi connectivity index (χ2v) is 7.64. The SMILES string of the molecule is COCCC(=O)NC[C@H]1[C@H]2C[C@H](CN(c3ccnc(N)n3)C2)c2cccc(=O)n21. The molecule has 1 amide bonds. The van der Waals surface area contributed by atoms with E-state index in [-0.39, 0.29) is 35.3 Å². The molecule has 3 atom stereocenters. The van der Waals surface area contributed by atoms with Gasteiger partial charge in [0.2, 0.25) is 11.9 Å². The molecule has 3 N–H and O–H groups in total. The monoisotopic (exact) mass is 398 g/mol. The first-order valence-corrected chi connectivity index (χ1v) is 9.87. The fraction of sp³-hybridized carbons (Fsp3) is 0.500. The molecule has 0 aliphatic carbocycles. The number of carbonyl (C=O) groups excluding carboxylic acids is 1. The highest BCUT2D eigenvalue weighted by atomic mass is 16.5. The number of aromatic nitrogens is 3. The number of methoxy groups -OCH3 is 1. The predicted molar refractivity (Wildman–Crippen MR) is 109 cm³/mol. The molecule has 2 aromatic rings. The third-order valence-corrected chi connectivity index (χ3v) is 5.82. The van der Waals surface area contributed by atoms with Gasteiger partial charge in [0.1, 0.15) is 5.82 Å². The van der Waals surface area contributed by atoms with Crippen molar-refractivity contribution in [3.05, 3.63) is 46.5 Å². The molecule has 4 rings (SSSR count). The number of hydrogen-bond donors (Lipinski definition) is 2. The third kappa shape index (κ3) is 3.95. The fourth-order valence-electron chi connectivity index (χ4n) is 4.53. The number of amides is 1. The lowest BCUT2D eigenvalue weighted by Gasteiger charge is -2.47. The van der Waals surface area contributed by atoms with Crippen LogP contribution in [-0.2, 0) is 9.53 Å². The summed E-state index contributed by atoms with van der Waals surface area (Å²) in [5.41, 5.74) is 6.76. The smallest absolute Gasteiger partial charge is 0.251 e. The molecule has 29 heavy (non-hydrogen) atoms. The summed E-state index contributed by atoms with van der Waals surface area (Å²) in [4.78, 5) is 35.4.